The number of benzene rings is 3. The molecule has 0 saturated carbocycles. The first-order chi connectivity index (χ1) is 15.8. The molecule has 0 atom stereocenters. The summed E-state index contributed by atoms with van der Waals surface area (Å²) in [5.41, 5.74) is 14.7. The Morgan fingerprint density at radius 3 is 2.55 bits per heavy atom. The third kappa shape index (κ3) is 5.90. The summed E-state index contributed by atoms with van der Waals surface area (Å²) >= 11 is 6.54. The van der Waals surface area contributed by atoms with Crippen LogP contribution in [0.2, 0.25) is 5.02 Å². The molecule has 0 heterocycles. The smallest absolute Gasteiger partial charge is 0.224 e. The Morgan fingerprint density at radius 2 is 1.91 bits per heavy atom. The molecule has 0 unspecified atom stereocenters. The molecule has 3 aromatic rings. The van der Waals surface area contributed by atoms with Crippen molar-refractivity contribution >= 4 is 34.7 Å². The molecule has 0 spiro atoms. The Bertz CT molecular complexity index is 1190. The number of nitrogens with one attached hydrogen (secondary N) is 3. The van der Waals surface area contributed by atoms with Gasteiger partial charge in [-0.05, 0) is 29.3 Å². The van der Waals surface area contributed by atoms with Crippen LogP contribution >= 0.6 is 11.6 Å². The third-order valence-electron chi connectivity index (χ3n) is 5.02. The number of amidine groups is 1. The van der Waals surface area contributed by atoms with Crippen molar-refractivity contribution in [3.63, 3.8) is 0 Å². The monoisotopic (exact) mass is 465 g/mol. The fourth-order valence-corrected chi connectivity index (χ4v) is 3.72. The molecule has 0 aliphatic carbocycles. The van der Waals surface area contributed by atoms with Gasteiger partial charge in [-0.25, -0.2) is 4.39 Å². The molecule has 0 bridgehead atoms. The van der Waals surface area contributed by atoms with Crippen molar-refractivity contribution in [2.75, 3.05) is 17.6 Å². The van der Waals surface area contributed by atoms with Gasteiger partial charge < -0.3 is 22.1 Å². The lowest BCUT2D eigenvalue weighted by Crippen LogP contribution is -2.25. The highest BCUT2D eigenvalue weighted by molar-refractivity contribution is 6.34. The van der Waals surface area contributed by atoms with Gasteiger partial charge in [0, 0.05) is 35.5 Å². The zero-order valence-corrected chi connectivity index (χ0v) is 18.7. The van der Waals surface area contributed by atoms with E-state index in [0.717, 1.165) is 5.56 Å². The van der Waals surface area contributed by atoms with Gasteiger partial charge in [0.15, 0.2) is 5.82 Å². The summed E-state index contributed by atoms with van der Waals surface area (Å²) in [5.74, 6) is -0.955. The largest absolute Gasteiger partial charge is 0.399 e. The van der Waals surface area contributed by atoms with Crippen LogP contribution in [0.4, 0.5) is 15.8 Å². The minimum absolute atomic E-state index is 0.0306. The van der Waals surface area contributed by atoms with Crippen LogP contribution in [0.5, 0.6) is 0 Å². The first kappa shape index (κ1) is 23.8. The Labute approximate surface area is 197 Å². The number of rotatable bonds is 9. The number of nitrogen functional groups attached to an aromatic ring is 2. The van der Waals surface area contributed by atoms with Crippen LogP contribution in [0.1, 0.15) is 16.7 Å². The molecule has 0 saturated heterocycles. The summed E-state index contributed by atoms with van der Waals surface area (Å²) in [4.78, 5) is 12.8. The normalized spacial score (nSPS) is 10.5. The Balaban J connectivity index is 1.88. The topological polar surface area (TPSA) is 117 Å². The van der Waals surface area contributed by atoms with E-state index in [4.69, 9.17) is 28.5 Å². The predicted molar refractivity (Wildman–Crippen MR) is 133 cm³/mol. The van der Waals surface area contributed by atoms with Crippen molar-refractivity contribution in [1.82, 2.24) is 5.32 Å². The van der Waals surface area contributed by atoms with Crippen molar-refractivity contribution in [3.05, 3.63) is 94.8 Å². The number of hydrogen-bond acceptors (Lipinski definition) is 4. The summed E-state index contributed by atoms with van der Waals surface area (Å²) in [5, 5.41) is 13.5. The van der Waals surface area contributed by atoms with Crippen LogP contribution in [0.15, 0.2) is 67.3 Å². The van der Waals surface area contributed by atoms with Crippen molar-refractivity contribution in [1.29, 1.82) is 5.41 Å². The average Bonchev–Trinajstić information content (AvgIpc) is 2.79. The zero-order valence-electron chi connectivity index (χ0n) is 17.9. The van der Waals surface area contributed by atoms with Crippen LogP contribution in [0.3, 0.4) is 0 Å². The van der Waals surface area contributed by atoms with Crippen molar-refractivity contribution in [2.24, 2.45) is 5.73 Å². The second-order valence-corrected chi connectivity index (χ2v) is 7.84. The highest BCUT2D eigenvalue weighted by Crippen LogP contribution is 2.38. The van der Waals surface area contributed by atoms with Gasteiger partial charge in [0.05, 0.1) is 17.1 Å². The van der Waals surface area contributed by atoms with Gasteiger partial charge in [0.2, 0.25) is 5.91 Å². The van der Waals surface area contributed by atoms with Gasteiger partial charge in [-0.2, -0.15) is 0 Å². The van der Waals surface area contributed by atoms with E-state index in [1.807, 2.05) is 0 Å². The number of anilines is 2. The summed E-state index contributed by atoms with van der Waals surface area (Å²) in [6, 6.07) is 15.4. The molecule has 1 amide bonds. The lowest BCUT2D eigenvalue weighted by atomic mass is 9.95. The Morgan fingerprint density at radius 1 is 1.18 bits per heavy atom. The molecule has 0 aromatic heterocycles. The maximum Gasteiger partial charge on any atom is 0.224 e. The third-order valence-corrected chi connectivity index (χ3v) is 5.32. The highest BCUT2D eigenvalue weighted by Gasteiger charge is 2.21. The number of carbonyl (C=O) groups excluding carboxylic acids is 1. The van der Waals surface area contributed by atoms with Crippen LogP contribution in [0, 0.1) is 11.2 Å². The van der Waals surface area contributed by atoms with E-state index < -0.39 is 5.82 Å². The quantitative estimate of drug-likeness (QED) is 0.139. The molecule has 7 N–H and O–H groups in total. The fourth-order valence-electron chi connectivity index (χ4n) is 3.39. The number of carbonyl (C=O) groups is 1. The summed E-state index contributed by atoms with van der Waals surface area (Å²) in [7, 11) is 0. The van der Waals surface area contributed by atoms with E-state index >= 15 is 4.39 Å². The molecule has 0 radical (unpaired) electrons. The molecule has 33 heavy (non-hydrogen) atoms. The number of amides is 1. The zero-order chi connectivity index (χ0) is 24.0. The number of nitrogens with two attached hydrogens (primary N) is 2. The molecule has 170 valence electrons. The van der Waals surface area contributed by atoms with Gasteiger partial charge in [0.25, 0.3) is 0 Å². The minimum Gasteiger partial charge on any atom is -0.399 e. The second-order valence-electron chi connectivity index (χ2n) is 7.43. The molecule has 6 nitrogen and oxygen atoms in total. The minimum atomic E-state index is -0.556. The van der Waals surface area contributed by atoms with Gasteiger partial charge in [0.1, 0.15) is 5.84 Å². The second kappa shape index (κ2) is 10.7. The fraction of sp³-hybridized carbons (Fsp3) is 0.120. The Hall–Kier alpha value is -3.84. The summed E-state index contributed by atoms with van der Waals surface area (Å²) in [6.45, 7) is 4.21. The molecule has 0 fully saturated rings. The van der Waals surface area contributed by atoms with Crippen molar-refractivity contribution < 1.29 is 9.18 Å². The predicted octanol–water partition coefficient (Wildman–Crippen LogP) is 4.47. The van der Waals surface area contributed by atoms with Crippen LogP contribution in [-0.2, 0) is 17.8 Å². The maximum atomic E-state index is 15.5. The van der Waals surface area contributed by atoms with E-state index in [9.17, 15) is 4.79 Å². The molecule has 3 rings (SSSR count). The molecular formula is C25H25ClFN5O. The molecular weight excluding hydrogens is 441 g/mol. The average molecular weight is 466 g/mol. The maximum absolute atomic E-state index is 15.5. The lowest BCUT2D eigenvalue weighted by Gasteiger charge is -2.17. The van der Waals surface area contributed by atoms with Crippen LogP contribution < -0.4 is 22.1 Å². The van der Waals surface area contributed by atoms with E-state index in [2.05, 4.69) is 17.2 Å². The summed E-state index contributed by atoms with van der Waals surface area (Å²) in [6.07, 6.45) is 1.38. The number of hydrogen-bond donors (Lipinski definition) is 5. The number of halogens is 2. The van der Waals surface area contributed by atoms with Gasteiger partial charge in [-0.1, -0.05) is 54.1 Å². The highest BCUT2D eigenvalue weighted by atomic mass is 35.5. The standard InChI is InChI=1S/C25H25ClFN5O/c1-2-10-31-21-13-20(26)23(17-4-3-5-18(28)11-17)19(24(21)27)12-22(33)32-14-15-6-8-16(9-7-15)25(29)30/h2-9,11,13,31H,1,10,12,14,28H2,(H3,29,30)(H,32,33). The molecule has 0 aliphatic rings. The van der Waals surface area contributed by atoms with E-state index in [-0.39, 0.29) is 36.0 Å². The summed E-state index contributed by atoms with van der Waals surface area (Å²) < 4.78 is 15.5. The molecule has 8 heteroatoms. The first-order valence-electron chi connectivity index (χ1n) is 10.2. The van der Waals surface area contributed by atoms with Crippen molar-refractivity contribution in [3.8, 4) is 11.1 Å². The van der Waals surface area contributed by atoms with E-state index in [1.54, 1.807) is 54.6 Å². The van der Waals surface area contributed by atoms with Crippen LogP contribution in [0.25, 0.3) is 11.1 Å². The SMILES string of the molecule is C=CCNc1cc(Cl)c(-c2cccc(N)c2)c(CC(=O)NCc2ccc(C(=N)N)cc2)c1F. The van der Waals surface area contributed by atoms with Gasteiger partial charge in [-0.15, -0.1) is 6.58 Å². The lowest BCUT2D eigenvalue weighted by molar-refractivity contribution is -0.120. The first-order valence-corrected chi connectivity index (χ1v) is 10.6. The molecule has 3 aromatic carbocycles. The van der Waals surface area contributed by atoms with Crippen LogP contribution in [-0.4, -0.2) is 18.3 Å². The van der Waals surface area contributed by atoms with Gasteiger partial charge in [-0.3, -0.25) is 10.2 Å². The Kier molecular flexibility index (Phi) is 7.69. The van der Waals surface area contributed by atoms with E-state index in [1.165, 1.54) is 6.07 Å². The molecule has 0 aliphatic heterocycles. The van der Waals surface area contributed by atoms with E-state index in [0.29, 0.717) is 33.9 Å². The van der Waals surface area contributed by atoms with Gasteiger partial charge >= 0.3 is 0 Å². The van der Waals surface area contributed by atoms with Crippen molar-refractivity contribution in [2.45, 2.75) is 13.0 Å².